The van der Waals surface area contributed by atoms with Crippen molar-refractivity contribution < 1.29 is 0 Å². The standard InChI is InChI=1S/C10H17IS/c1-2-3-4-5-8-12(11)9-6-7-10-12/h6-7,9-10H,2-5,8H2,1H3. The van der Waals surface area contributed by atoms with Crippen LogP contribution in [-0.4, -0.2) is 5.75 Å². The number of hydrogen-bond acceptors (Lipinski definition) is 0. The van der Waals surface area contributed by atoms with E-state index in [4.69, 9.17) is 0 Å². The Bertz CT molecular complexity index is 172. The molecule has 1 rings (SSSR count). The van der Waals surface area contributed by atoms with Gasteiger partial charge in [-0.2, -0.15) is 0 Å². The number of hydrogen-bond donors (Lipinski definition) is 0. The first-order valence-electron chi connectivity index (χ1n) is 4.62. The summed E-state index contributed by atoms with van der Waals surface area (Å²) in [5.41, 5.74) is 0. The van der Waals surface area contributed by atoms with Gasteiger partial charge in [-0.25, -0.2) is 0 Å². The van der Waals surface area contributed by atoms with Gasteiger partial charge in [0.2, 0.25) is 0 Å². The van der Waals surface area contributed by atoms with E-state index >= 15 is 0 Å². The molecule has 1 heterocycles. The van der Waals surface area contributed by atoms with Crippen LogP contribution in [0.15, 0.2) is 23.0 Å². The molecule has 0 unspecified atom stereocenters. The average molecular weight is 296 g/mol. The summed E-state index contributed by atoms with van der Waals surface area (Å²) in [4.78, 5) is 0. The molecule has 0 amide bonds. The number of allylic oxidation sites excluding steroid dienone is 2. The molecule has 1 aliphatic rings. The van der Waals surface area contributed by atoms with Crippen molar-refractivity contribution in [1.82, 2.24) is 0 Å². The molecule has 0 radical (unpaired) electrons. The molecule has 0 saturated heterocycles. The first-order chi connectivity index (χ1) is 5.77. The Morgan fingerprint density at radius 1 is 1.08 bits per heavy atom. The predicted molar refractivity (Wildman–Crippen MR) is 68.9 cm³/mol. The topological polar surface area (TPSA) is 0 Å². The maximum absolute atomic E-state index is 2.63. The lowest BCUT2D eigenvalue weighted by Crippen LogP contribution is -1.89. The molecule has 0 bridgehead atoms. The summed E-state index contributed by atoms with van der Waals surface area (Å²) in [5.74, 6) is 1.39. The Balaban J connectivity index is 2.14. The van der Waals surface area contributed by atoms with Gasteiger partial charge in [0.15, 0.2) is 0 Å². The van der Waals surface area contributed by atoms with Crippen molar-refractivity contribution in [3.05, 3.63) is 23.0 Å². The maximum atomic E-state index is 2.63. The largest absolute Gasteiger partial charge is 0.147 e. The van der Waals surface area contributed by atoms with Crippen LogP contribution in [0.1, 0.15) is 32.6 Å². The molecule has 2 heteroatoms. The van der Waals surface area contributed by atoms with Gasteiger partial charge in [-0.05, 0) is 44.2 Å². The SMILES string of the molecule is CCCCCCS1(I)C=CC=C1. The summed E-state index contributed by atoms with van der Waals surface area (Å²) in [7, 11) is -0.475. The van der Waals surface area contributed by atoms with E-state index in [1.807, 2.05) is 0 Å². The molecule has 0 N–H and O–H groups in total. The van der Waals surface area contributed by atoms with E-state index in [-0.39, 0.29) is 0 Å². The van der Waals surface area contributed by atoms with Crippen LogP contribution in [0.25, 0.3) is 0 Å². The minimum absolute atomic E-state index is 0.475. The Kier molecular flexibility index (Phi) is 4.72. The third kappa shape index (κ3) is 3.52. The summed E-state index contributed by atoms with van der Waals surface area (Å²) in [6.07, 6.45) is 9.95. The lowest BCUT2D eigenvalue weighted by molar-refractivity contribution is 0.706. The average Bonchev–Trinajstić information content (AvgIpc) is 2.47. The molecule has 0 aromatic carbocycles. The highest BCUT2D eigenvalue weighted by Gasteiger charge is 2.14. The van der Waals surface area contributed by atoms with E-state index in [0.717, 1.165) is 0 Å². The van der Waals surface area contributed by atoms with Gasteiger partial charge < -0.3 is 0 Å². The highest BCUT2D eigenvalue weighted by Crippen LogP contribution is 2.61. The van der Waals surface area contributed by atoms with Crippen molar-refractivity contribution in [2.24, 2.45) is 0 Å². The van der Waals surface area contributed by atoms with Crippen LogP contribution in [0, 0.1) is 0 Å². The highest BCUT2D eigenvalue weighted by atomic mass is 127. The quantitative estimate of drug-likeness (QED) is 0.507. The highest BCUT2D eigenvalue weighted by molar-refractivity contribution is 14.2. The van der Waals surface area contributed by atoms with E-state index in [2.05, 4.69) is 51.1 Å². The summed E-state index contributed by atoms with van der Waals surface area (Å²) in [5, 5.41) is 4.78. The summed E-state index contributed by atoms with van der Waals surface area (Å²) < 4.78 is 0. The van der Waals surface area contributed by atoms with Crippen molar-refractivity contribution in [1.29, 1.82) is 0 Å². The van der Waals surface area contributed by atoms with E-state index in [0.29, 0.717) is 0 Å². The maximum Gasteiger partial charge on any atom is -0.00729 e. The van der Waals surface area contributed by atoms with E-state index in [1.165, 1.54) is 31.4 Å². The van der Waals surface area contributed by atoms with Crippen molar-refractivity contribution >= 4 is 28.4 Å². The third-order valence-electron chi connectivity index (χ3n) is 2.03. The first kappa shape index (κ1) is 10.6. The fourth-order valence-electron chi connectivity index (χ4n) is 1.28. The van der Waals surface area contributed by atoms with Crippen LogP contribution in [0.2, 0.25) is 0 Å². The second-order valence-corrected chi connectivity index (χ2v) is 10.6. The fourth-order valence-corrected chi connectivity index (χ4v) is 4.95. The first-order valence-corrected chi connectivity index (χ1v) is 9.09. The van der Waals surface area contributed by atoms with Gasteiger partial charge in [0.25, 0.3) is 0 Å². The minimum Gasteiger partial charge on any atom is -0.147 e. The molecule has 0 saturated carbocycles. The number of rotatable bonds is 5. The van der Waals surface area contributed by atoms with Gasteiger partial charge in [0.05, 0.1) is 0 Å². The number of halogens is 1. The molecule has 12 heavy (non-hydrogen) atoms. The zero-order valence-corrected chi connectivity index (χ0v) is 10.6. The molecule has 0 aliphatic carbocycles. The molecular weight excluding hydrogens is 279 g/mol. The summed E-state index contributed by atoms with van der Waals surface area (Å²) in [6.45, 7) is 2.27. The molecule has 1 aliphatic heterocycles. The predicted octanol–water partition coefficient (Wildman–Crippen LogP) is 4.76. The lowest BCUT2D eigenvalue weighted by atomic mass is 10.2. The normalized spacial score (nSPS) is 21.5. The summed E-state index contributed by atoms with van der Waals surface area (Å²) >= 11 is 2.63. The van der Waals surface area contributed by atoms with E-state index < -0.39 is 7.20 Å². The molecule has 70 valence electrons. The van der Waals surface area contributed by atoms with Crippen LogP contribution < -0.4 is 0 Å². The molecule has 0 spiro atoms. The number of unbranched alkanes of at least 4 members (excludes halogenated alkanes) is 3. The van der Waals surface area contributed by atoms with Gasteiger partial charge in [0, 0.05) is 0 Å². The molecule has 0 atom stereocenters. The third-order valence-corrected chi connectivity index (χ3v) is 7.25. The van der Waals surface area contributed by atoms with Crippen molar-refractivity contribution in [3.8, 4) is 0 Å². The second-order valence-electron chi connectivity index (χ2n) is 3.18. The van der Waals surface area contributed by atoms with Gasteiger partial charge in [-0.3, -0.25) is 0 Å². The Morgan fingerprint density at radius 3 is 2.33 bits per heavy atom. The molecular formula is C10H17IS. The zero-order valence-electron chi connectivity index (χ0n) is 7.63. The van der Waals surface area contributed by atoms with Gasteiger partial charge >= 0.3 is 0 Å². The molecule has 0 nitrogen and oxygen atoms in total. The van der Waals surface area contributed by atoms with Gasteiger partial charge in [-0.15, -0.1) is 7.20 Å². The zero-order chi connectivity index (χ0) is 8.86. The molecule has 0 aromatic rings. The monoisotopic (exact) mass is 296 g/mol. The van der Waals surface area contributed by atoms with Crippen LogP contribution in [0.3, 0.4) is 0 Å². The van der Waals surface area contributed by atoms with Crippen molar-refractivity contribution in [2.45, 2.75) is 32.6 Å². The Labute approximate surface area is 89.4 Å². The molecule has 0 fully saturated rings. The minimum atomic E-state index is -0.475. The smallest absolute Gasteiger partial charge is 0.00729 e. The lowest BCUT2D eigenvalue weighted by Gasteiger charge is -2.22. The fraction of sp³-hybridized carbons (Fsp3) is 0.600. The summed E-state index contributed by atoms with van der Waals surface area (Å²) in [6, 6.07) is 0. The van der Waals surface area contributed by atoms with E-state index in [9.17, 15) is 0 Å². The van der Waals surface area contributed by atoms with Crippen molar-refractivity contribution in [3.63, 3.8) is 0 Å². The Morgan fingerprint density at radius 2 is 1.75 bits per heavy atom. The van der Waals surface area contributed by atoms with Crippen LogP contribution in [0.4, 0.5) is 0 Å². The van der Waals surface area contributed by atoms with Crippen molar-refractivity contribution in [2.75, 3.05) is 5.75 Å². The van der Waals surface area contributed by atoms with Crippen LogP contribution in [-0.2, 0) is 0 Å². The second kappa shape index (κ2) is 5.32. The van der Waals surface area contributed by atoms with Crippen LogP contribution >= 0.6 is 28.4 Å². The van der Waals surface area contributed by atoms with Crippen LogP contribution in [0.5, 0.6) is 0 Å². The Hall–Kier alpha value is 0.560. The van der Waals surface area contributed by atoms with Gasteiger partial charge in [-0.1, -0.05) is 38.3 Å². The van der Waals surface area contributed by atoms with E-state index in [1.54, 1.807) is 0 Å². The molecule has 0 aromatic heterocycles. The van der Waals surface area contributed by atoms with Gasteiger partial charge in [0.1, 0.15) is 0 Å².